The number of aryl methyl sites for hydroxylation is 2. The first-order valence-electron chi connectivity index (χ1n) is 6.73. The summed E-state index contributed by atoms with van der Waals surface area (Å²) >= 11 is 4.82. The molecule has 0 bridgehead atoms. The lowest BCUT2D eigenvalue weighted by Gasteiger charge is -2.09. The van der Waals surface area contributed by atoms with Crippen LogP contribution in [0.4, 0.5) is 9.93 Å². The van der Waals surface area contributed by atoms with E-state index in [9.17, 15) is 4.79 Å². The largest absolute Gasteiger partial charge is 0.481 e. The van der Waals surface area contributed by atoms with Gasteiger partial charge in [0, 0.05) is 27.7 Å². The summed E-state index contributed by atoms with van der Waals surface area (Å²) in [6, 6.07) is 1.55. The van der Waals surface area contributed by atoms with Crippen LogP contribution in [-0.2, 0) is 13.0 Å². The molecule has 2 heterocycles. The number of rotatable bonds is 5. The van der Waals surface area contributed by atoms with E-state index in [1.165, 1.54) is 11.3 Å². The lowest BCUT2D eigenvalue weighted by atomic mass is 10.3. The summed E-state index contributed by atoms with van der Waals surface area (Å²) in [5, 5.41) is 6.12. The normalized spacial score (nSPS) is 10.4. The number of ether oxygens (including phenoxy) is 1. The highest BCUT2D eigenvalue weighted by molar-refractivity contribution is 9.10. The van der Waals surface area contributed by atoms with Gasteiger partial charge in [0.1, 0.15) is 0 Å². The molecule has 22 heavy (non-hydrogen) atoms. The second-order valence-electron chi connectivity index (χ2n) is 4.51. The van der Waals surface area contributed by atoms with Gasteiger partial charge in [-0.15, -0.1) is 11.3 Å². The van der Waals surface area contributed by atoms with Crippen molar-refractivity contribution in [3.63, 3.8) is 0 Å². The van der Waals surface area contributed by atoms with Gasteiger partial charge < -0.3 is 10.1 Å². The Morgan fingerprint density at radius 3 is 2.91 bits per heavy atom. The summed E-state index contributed by atoms with van der Waals surface area (Å²) in [5.74, 6) is 0.488. The number of halogens is 1. The van der Waals surface area contributed by atoms with E-state index >= 15 is 0 Å². The molecule has 8 heteroatoms. The van der Waals surface area contributed by atoms with Crippen molar-refractivity contribution in [2.45, 2.75) is 26.8 Å². The smallest absolute Gasteiger partial charge is 0.321 e. The molecule has 118 valence electrons. The zero-order valence-corrected chi connectivity index (χ0v) is 15.0. The summed E-state index contributed by atoms with van der Waals surface area (Å²) in [6.07, 6.45) is 2.50. The average Bonchev–Trinajstić information content (AvgIpc) is 2.85. The standard InChI is InChI=1S/C14H17BrN4O2S/c1-4-11-8(2)22-14(18-11)19-13(20)17-6-9-5-10(15)7-16-12(9)21-3/h5,7H,4,6H2,1-3H3,(H2,17,18,19,20). The highest BCUT2D eigenvalue weighted by Crippen LogP contribution is 2.22. The van der Waals surface area contributed by atoms with E-state index in [4.69, 9.17) is 4.74 Å². The number of methoxy groups -OCH3 is 1. The Hall–Kier alpha value is -1.67. The second-order valence-corrected chi connectivity index (χ2v) is 6.62. The van der Waals surface area contributed by atoms with Crippen LogP contribution >= 0.6 is 27.3 Å². The van der Waals surface area contributed by atoms with E-state index in [-0.39, 0.29) is 6.03 Å². The first-order valence-corrected chi connectivity index (χ1v) is 8.34. The van der Waals surface area contributed by atoms with Crippen molar-refractivity contribution in [3.8, 4) is 5.88 Å². The summed E-state index contributed by atoms with van der Waals surface area (Å²) in [5.41, 5.74) is 1.80. The number of anilines is 1. The Bertz CT molecular complexity index is 675. The Morgan fingerprint density at radius 2 is 2.27 bits per heavy atom. The molecule has 0 aliphatic rings. The van der Waals surface area contributed by atoms with Gasteiger partial charge in [0.25, 0.3) is 0 Å². The van der Waals surface area contributed by atoms with Crippen molar-refractivity contribution in [2.75, 3.05) is 12.4 Å². The van der Waals surface area contributed by atoms with Gasteiger partial charge in [-0.1, -0.05) is 6.92 Å². The Labute approximate surface area is 141 Å². The van der Waals surface area contributed by atoms with Crippen LogP contribution in [0.15, 0.2) is 16.7 Å². The SMILES string of the molecule is CCc1nc(NC(=O)NCc2cc(Br)cnc2OC)sc1C. The Morgan fingerprint density at radius 1 is 1.50 bits per heavy atom. The van der Waals surface area contributed by atoms with Crippen molar-refractivity contribution >= 4 is 38.4 Å². The van der Waals surface area contributed by atoms with E-state index < -0.39 is 0 Å². The van der Waals surface area contributed by atoms with Crippen molar-refractivity contribution < 1.29 is 9.53 Å². The Kier molecular flexibility index (Phi) is 5.73. The molecule has 6 nitrogen and oxygen atoms in total. The van der Waals surface area contributed by atoms with E-state index in [2.05, 4.69) is 36.5 Å². The minimum absolute atomic E-state index is 0.307. The molecular formula is C14H17BrN4O2S. The Balaban J connectivity index is 1.96. The average molecular weight is 385 g/mol. The molecule has 0 saturated heterocycles. The number of nitrogens with one attached hydrogen (secondary N) is 2. The third kappa shape index (κ3) is 4.17. The molecule has 2 aromatic heterocycles. The number of aromatic nitrogens is 2. The number of thiazole rings is 1. The molecular weight excluding hydrogens is 368 g/mol. The number of carbonyl (C=O) groups is 1. The molecule has 0 aliphatic heterocycles. The molecule has 0 saturated carbocycles. The summed E-state index contributed by atoms with van der Waals surface area (Å²) < 4.78 is 6.00. The minimum atomic E-state index is -0.307. The van der Waals surface area contributed by atoms with Crippen molar-refractivity contribution in [1.82, 2.24) is 15.3 Å². The van der Waals surface area contributed by atoms with Crippen LogP contribution in [0, 0.1) is 6.92 Å². The quantitative estimate of drug-likeness (QED) is 0.826. The fourth-order valence-electron chi connectivity index (χ4n) is 1.91. The van der Waals surface area contributed by atoms with Gasteiger partial charge in [-0.05, 0) is 35.3 Å². The lowest BCUT2D eigenvalue weighted by molar-refractivity contribution is 0.251. The van der Waals surface area contributed by atoms with Crippen LogP contribution in [0.1, 0.15) is 23.1 Å². The maximum absolute atomic E-state index is 12.0. The molecule has 0 fully saturated rings. The number of urea groups is 1. The molecule has 0 spiro atoms. The minimum Gasteiger partial charge on any atom is -0.481 e. The molecule has 0 aliphatic carbocycles. The topological polar surface area (TPSA) is 76.1 Å². The van der Waals surface area contributed by atoms with Crippen LogP contribution in [0.2, 0.25) is 0 Å². The molecule has 0 unspecified atom stereocenters. The zero-order chi connectivity index (χ0) is 16.1. The highest BCUT2D eigenvalue weighted by Gasteiger charge is 2.11. The van der Waals surface area contributed by atoms with Crippen LogP contribution in [0.25, 0.3) is 0 Å². The van der Waals surface area contributed by atoms with Crippen molar-refractivity contribution in [3.05, 3.63) is 32.9 Å². The van der Waals surface area contributed by atoms with Gasteiger partial charge in [-0.25, -0.2) is 14.8 Å². The molecule has 0 aromatic carbocycles. The summed E-state index contributed by atoms with van der Waals surface area (Å²) in [6.45, 7) is 4.35. The summed E-state index contributed by atoms with van der Waals surface area (Å²) in [4.78, 5) is 21.6. The monoisotopic (exact) mass is 384 g/mol. The highest BCUT2D eigenvalue weighted by atomic mass is 79.9. The fourth-order valence-corrected chi connectivity index (χ4v) is 3.18. The van der Waals surface area contributed by atoms with Gasteiger partial charge in [-0.3, -0.25) is 5.32 Å². The third-order valence-corrected chi connectivity index (χ3v) is 4.33. The molecule has 2 amide bonds. The first kappa shape index (κ1) is 16.7. The zero-order valence-electron chi connectivity index (χ0n) is 12.6. The maximum atomic E-state index is 12.0. The van der Waals surface area contributed by atoms with Gasteiger partial charge in [0.15, 0.2) is 5.13 Å². The number of nitrogens with zero attached hydrogens (tertiary/aromatic N) is 2. The summed E-state index contributed by atoms with van der Waals surface area (Å²) in [7, 11) is 1.55. The van der Waals surface area contributed by atoms with Crippen molar-refractivity contribution in [2.24, 2.45) is 0 Å². The second kappa shape index (κ2) is 7.55. The van der Waals surface area contributed by atoms with Gasteiger partial charge in [-0.2, -0.15) is 0 Å². The van der Waals surface area contributed by atoms with E-state index in [1.54, 1.807) is 13.3 Å². The van der Waals surface area contributed by atoms with E-state index in [0.29, 0.717) is 17.6 Å². The number of carbonyl (C=O) groups excluding carboxylic acids is 1. The van der Waals surface area contributed by atoms with Gasteiger partial charge in [0.2, 0.25) is 5.88 Å². The first-order chi connectivity index (χ1) is 10.5. The fraction of sp³-hybridized carbons (Fsp3) is 0.357. The van der Waals surface area contributed by atoms with Gasteiger partial charge in [0.05, 0.1) is 12.8 Å². The van der Waals surface area contributed by atoms with E-state index in [1.807, 2.05) is 19.9 Å². The predicted molar refractivity (Wildman–Crippen MR) is 90.6 cm³/mol. The predicted octanol–water partition coefficient (Wildman–Crippen LogP) is 3.50. The van der Waals surface area contributed by atoms with Crippen LogP contribution < -0.4 is 15.4 Å². The number of hydrogen-bond acceptors (Lipinski definition) is 5. The number of amides is 2. The molecule has 2 aromatic rings. The molecule has 2 rings (SSSR count). The third-order valence-electron chi connectivity index (χ3n) is 2.97. The molecule has 2 N–H and O–H groups in total. The molecule has 0 radical (unpaired) electrons. The number of pyridine rings is 1. The molecule has 0 atom stereocenters. The van der Waals surface area contributed by atoms with Crippen LogP contribution in [0.3, 0.4) is 0 Å². The maximum Gasteiger partial charge on any atom is 0.321 e. The van der Waals surface area contributed by atoms with Crippen LogP contribution in [-0.4, -0.2) is 23.1 Å². The lowest BCUT2D eigenvalue weighted by Crippen LogP contribution is -2.28. The van der Waals surface area contributed by atoms with E-state index in [0.717, 1.165) is 27.0 Å². The van der Waals surface area contributed by atoms with Crippen molar-refractivity contribution in [1.29, 1.82) is 0 Å². The number of hydrogen-bond donors (Lipinski definition) is 2. The van der Waals surface area contributed by atoms with Crippen LogP contribution in [0.5, 0.6) is 5.88 Å². The van der Waals surface area contributed by atoms with Gasteiger partial charge >= 0.3 is 6.03 Å².